The highest BCUT2D eigenvalue weighted by molar-refractivity contribution is 5.50. The summed E-state index contributed by atoms with van der Waals surface area (Å²) in [6, 6.07) is 0. The molecule has 0 saturated heterocycles. The van der Waals surface area contributed by atoms with E-state index >= 15 is 0 Å². The first-order chi connectivity index (χ1) is 3.64. The lowest BCUT2D eigenvalue weighted by Crippen LogP contribution is -2.06. The number of hydrogen-bond donors (Lipinski definition) is 2. The van der Waals surface area contributed by atoms with Crippen LogP contribution in [0.25, 0.3) is 0 Å². The molecule has 0 amide bonds. The zero-order valence-corrected chi connectivity index (χ0v) is 4.89. The van der Waals surface area contributed by atoms with E-state index in [0.717, 1.165) is 0 Å². The zero-order valence-electron chi connectivity index (χ0n) is 4.89. The second kappa shape index (κ2) is 1.28. The Morgan fingerprint density at radius 2 is 1.12 bits per heavy atom. The number of rotatable bonds is 0. The molecule has 0 aromatic rings. The minimum absolute atomic E-state index is 0.238. The van der Waals surface area contributed by atoms with E-state index < -0.39 is 0 Å². The Balaban J connectivity index is 2.86. The summed E-state index contributed by atoms with van der Waals surface area (Å²) in [4.78, 5) is 0. The number of aliphatic hydroxyl groups is 2. The van der Waals surface area contributed by atoms with Crippen molar-refractivity contribution >= 4 is 0 Å². The third-order valence-corrected chi connectivity index (χ3v) is 1.42. The highest BCUT2D eigenvalue weighted by Gasteiger charge is 2.20. The fourth-order valence-electron chi connectivity index (χ4n) is 0.724. The molecule has 2 nitrogen and oxygen atoms in total. The standard InChI is InChI=1S/C6H8O2/c1-3-5(7)4(2)6(3)8/h7-8H,1-2H3. The first-order valence-corrected chi connectivity index (χ1v) is 2.45. The summed E-state index contributed by atoms with van der Waals surface area (Å²) < 4.78 is 0. The van der Waals surface area contributed by atoms with Crippen LogP contribution in [0.1, 0.15) is 13.8 Å². The summed E-state index contributed by atoms with van der Waals surface area (Å²) in [6.45, 7) is 3.36. The predicted octanol–water partition coefficient (Wildman–Crippen LogP) is 1.66. The molecule has 0 radical (unpaired) electrons. The van der Waals surface area contributed by atoms with Crippen LogP contribution in [-0.4, -0.2) is 10.2 Å². The monoisotopic (exact) mass is 112 g/mol. The summed E-state index contributed by atoms with van der Waals surface area (Å²) >= 11 is 0. The summed E-state index contributed by atoms with van der Waals surface area (Å²) in [5.41, 5.74) is 1.20. The smallest absolute Gasteiger partial charge is 0.128 e. The molecule has 0 fully saturated rings. The van der Waals surface area contributed by atoms with Crippen LogP contribution < -0.4 is 0 Å². The van der Waals surface area contributed by atoms with Gasteiger partial charge in [-0.2, -0.15) is 0 Å². The Bertz CT molecular complexity index is 134. The second-order valence-corrected chi connectivity index (χ2v) is 1.95. The molecule has 0 unspecified atom stereocenters. The largest absolute Gasteiger partial charge is 0.507 e. The van der Waals surface area contributed by atoms with Crippen molar-refractivity contribution in [2.75, 3.05) is 0 Å². The Morgan fingerprint density at radius 3 is 1.25 bits per heavy atom. The molecule has 0 atom stereocenters. The van der Waals surface area contributed by atoms with Crippen LogP contribution in [0.5, 0.6) is 0 Å². The fraction of sp³-hybridized carbons (Fsp3) is 0.333. The van der Waals surface area contributed by atoms with Gasteiger partial charge in [0.15, 0.2) is 0 Å². The molecule has 0 bridgehead atoms. The van der Waals surface area contributed by atoms with Crippen molar-refractivity contribution in [3.05, 3.63) is 22.7 Å². The highest BCUT2D eigenvalue weighted by atomic mass is 16.3. The Labute approximate surface area is 47.8 Å². The number of hydrogen-bond acceptors (Lipinski definition) is 2. The van der Waals surface area contributed by atoms with E-state index in [1.54, 1.807) is 13.8 Å². The van der Waals surface area contributed by atoms with Crippen molar-refractivity contribution < 1.29 is 10.2 Å². The van der Waals surface area contributed by atoms with Crippen LogP contribution in [0.15, 0.2) is 22.7 Å². The summed E-state index contributed by atoms with van der Waals surface area (Å²) in [5.74, 6) is 0.477. The van der Waals surface area contributed by atoms with Crippen LogP contribution in [0.2, 0.25) is 0 Å². The van der Waals surface area contributed by atoms with Gasteiger partial charge in [0.1, 0.15) is 11.5 Å². The molecule has 1 rings (SSSR count). The van der Waals surface area contributed by atoms with Gasteiger partial charge in [-0.3, -0.25) is 0 Å². The van der Waals surface area contributed by atoms with E-state index in [-0.39, 0.29) is 11.5 Å². The first-order valence-electron chi connectivity index (χ1n) is 2.45. The van der Waals surface area contributed by atoms with Gasteiger partial charge in [-0.05, 0) is 13.8 Å². The minimum Gasteiger partial charge on any atom is -0.507 e. The lowest BCUT2D eigenvalue weighted by Gasteiger charge is -2.16. The molecule has 0 aliphatic heterocycles. The van der Waals surface area contributed by atoms with Crippen LogP contribution in [0.3, 0.4) is 0 Å². The van der Waals surface area contributed by atoms with Crippen molar-refractivity contribution in [1.82, 2.24) is 0 Å². The summed E-state index contributed by atoms with van der Waals surface area (Å²) in [6.07, 6.45) is 0. The Kier molecular flexibility index (Phi) is 0.834. The van der Waals surface area contributed by atoms with Crippen molar-refractivity contribution in [3.63, 3.8) is 0 Å². The summed E-state index contributed by atoms with van der Waals surface area (Å²) in [7, 11) is 0. The van der Waals surface area contributed by atoms with Gasteiger partial charge < -0.3 is 10.2 Å². The van der Waals surface area contributed by atoms with E-state index in [1.807, 2.05) is 0 Å². The lowest BCUT2D eigenvalue weighted by molar-refractivity contribution is 0.346. The molecule has 0 saturated carbocycles. The second-order valence-electron chi connectivity index (χ2n) is 1.95. The summed E-state index contributed by atoms with van der Waals surface area (Å²) in [5, 5.41) is 17.6. The molecular formula is C6H8O2. The van der Waals surface area contributed by atoms with Gasteiger partial charge in [0, 0.05) is 11.1 Å². The highest BCUT2D eigenvalue weighted by Crippen LogP contribution is 2.29. The van der Waals surface area contributed by atoms with E-state index in [0.29, 0.717) is 11.1 Å². The SMILES string of the molecule is CC1=C(O)C(C)=C1O. The van der Waals surface area contributed by atoms with Crippen LogP contribution in [-0.2, 0) is 0 Å². The molecule has 8 heavy (non-hydrogen) atoms. The van der Waals surface area contributed by atoms with Crippen molar-refractivity contribution in [2.45, 2.75) is 13.8 Å². The molecule has 2 N–H and O–H groups in total. The third-order valence-electron chi connectivity index (χ3n) is 1.42. The topological polar surface area (TPSA) is 40.5 Å². The molecule has 0 heterocycles. The molecule has 0 aromatic carbocycles. The van der Waals surface area contributed by atoms with Crippen LogP contribution >= 0.6 is 0 Å². The molecule has 1 aliphatic carbocycles. The van der Waals surface area contributed by atoms with Gasteiger partial charge in [0.2, 0.25) is 0 Å². The van der Waals surface area contributed by atoms with E-state index in [9.17, 15) is 0 Å². The molecule has 0 spiro atoms. The van der Waals surface area contributed by atoms with Crippen LogP contribution in [0.4, 0.5) is 0 Å². The van der Waals surface area contributed by atoms with Gasteiger partial charge in [-0.15, -0.1) is 0 Å². The van der Waals surface area contributed by atoms with Crippen molar-refractivity contribution in [1.29, 1.82) is 0 Å². The van der Waals surface area contributed by atoms with E-state index in [1.165, 1.54) is 0 Å². The van der Waals surface area contributed by atoms with Crippen molar-refractivity contribution in [2.24, 2.45) is 0 Å². The molecule has 44 valence electrons. The predicted molar refractivity (Wildman–Crippen MR) is 30.7 cm³/mol. The van der Waals surface area contributed by atoms with Gasteiger partial charge in [0.05, 0.1) is 0 Å². The molecule has 2 heteroatoms. The third kappa shape index (κ3) is 0.372. The average molecular weight is 112 g/mol. The van der Waals surface area contributed by atoms with Gasteiger partial charge >= 0.3 is 0 Å². The minimum atomic E-state index is 0.238. The molecular weight excluding hydrogens is 104 g/mol. The van der Waals surface area contributed by atoms with E-state index in [2.05, 4.69) is 0 Å². The van der Waals surface area contributed by atoms with Gasteiger partial charge in [-0.1, -0.05) is 0 Å². The quantitative estimate of drug-likeness (QED) is 0.500. The van der Waals surface area contributed by atoms with Gasteiger partial charge in [0.25, 0.3) is 0 Å². The van der Waals surface area contributed by atoms with Gasteiger partial charge in [-0.25, -0.2) is 0 Å². The van der Waals surface area contributed by atoms with Crippen molar-refractivity contribution in [3.8, 4) is 0 Å². The first kappa shape index (κ1) is 5.22. The maximum absolute atomic E-state index is 8.82. The molecule has 1 aliphatic rings. The number of allylic oxidation sites excluding steroid dienone is 2. The fourth-order valence-corrected chi connectivity index (χ4v) is 0.724. The van der Waals surface area contributed by atoms with Crippen LogP contribution in [0, 0.1) is 0 Å². The maximum atomic E-state index is 8.82. The molecule has 0 aromatic heterocycles. The maximum Gasteiger partial charge on any atom is 0.128 e. The normalized spacial score (nSPS) is 19.2. The lowest BCUT2D eigenvalue weighted by atomic mass is 9.97. The van der Waals surface area contributed by atoms with E-state index in [4.69, 9.17) is 10.2 Å². The Hall–Kier alpha value is -0.920. The number of aliphatic hydroxyl groups excluding tert-OH is 2. The average Bonchev–Trinajstić information content (AvgIpc) is 1.83. The Morgan fingerprint density at radius 1 is 0.875 bits per heavy atom. The zero-order chi connectivity index (χ0) is 6.31.